The second kappa shape index (κ2) is 7.30. The molecule has 0 saturated heterocycles. The van der Waals surface area contributed by atoms with Crippen LogP contribution in [0.25, 0.3) is 0 Å². The first-order valence-electron chi connectivity index (χ1n) is 7.47. The Morgan fingerprint density at radius 3 is 2.89 bits per heavy atom. The minimum atomic E-state index is 0.490. The maximum Gasteiger partial charge on any atom is 0.0869 e. The molecule has 1 aromatic heterocycles. The van der Waals surface area contributed by atoms with E-state index in [1.54, 1.807) is 0 Å². The lowest BCUT2D eigenvalue weighted by molar-refractivity contribution is 0.288. The fourth-order valence-corrected chi connectivity index (χ4v) is 2.87. The Labute approximate surface area is 116 Å². The largest absolute Gasteiger partial charge is 0.285 e. The summed E-state index contributed by atoms with van der Waals surface area (Å²) in [6.45, 7) is 4.39. The average molecular weight is 260 g/mol. The Morgan fingerprint density at radius 2 is 2.21 bits per heavy atom. The molecule has 1 aliphatic carbocycles. The standard InChI is InChI=1S/C15H24N4/c1-2-10-18(12-9-16)13-14-8-11-19(17-14)15-6-4-3-5-7-15/h8,11,15H,2-7,10,12-13H2,1H3. The quantitative estimate of drug-likeness (QED) is 0.738. The Kier molecular flexibility index (Phi) is 5.41. The molecule has 1 aromatic rings. The van der Waals surface area contributed by atoms with E-state index in [4.69, 9.17) is 10.4 Å². The highest BCUT2D eigenvalue weighted by Gasteiger charge is 2.16. The van der Waals surface area contributed by atoms with Gasteiger partial charge in [0.2, 0.25) is 0 Å². The fourth-order valence-electron chi connectivity index (χ4n) is 2.87. The van der Waals surface area contributed by atoms with Crippen molar-refractivity contribution in [1.82, 2.24) is 14.7 Å². The van der Waals surface area contributed by atoms with Gasteiger partial charge in [0.05, 0.1) is 24.3 Å². The molecular formula is C15H24N4. The van der Waals surface area contributed by atoms with Gasteiger partial charge < -0.3 is 0 Å². The molecule has 0 N–H and O–H groups in total. The Hall–Kier alpha value is -1.34. The van der Waals surface area contributed by atoms with Crippen LogP contribution < -0.4 is 0 Å². The van der Waals surface area contributed by atoms with Gasteiger partial charge in [0.15, 0.2) is 0 Å². The van der Waals surface area contributed by atoms with Crippen molar-refractivity contribution in [1.29, 1.82) is 5.26 Å². The highest BCUT2D eigenvalue weighted by molar-refractivity contribution is 5.00. The normalized spacial score (nSPS) is 16.7. The van der Waals surface area contributed by atoms with Gasteiger partial charge in [-0.15, -0.1) is 0 Å². The SMILES string of the molecule is CCCN(CC#N)Cc1ccn(C2CCCCC2)n1. The Morgan fingerprint density at radius 1 is 1.42 bits per heavy atom. The molecule has 0 amide bonds. The van der Waals surface area contributed by atoms with Crippen molar-refractivity contribution < 1.29 is 0 Å². The monoisotopic (exact) mass is 260 g/mol. The first kappa shape index (κ1) is 14.1. The van der Waals surface area contributed by atoms with Gasteiger partial charge in [0.25, 0.3) is 0 Å². The van der Waals surface area contributed by atoms with E-state index in [0.717, 1.165) is 25.2 Å². The van der Waals surface area contributed by atoms with Gasteiger partial charge in [-0.2, -0.15) is 10.4 Å². The van der Waals surface area contributed by atoms with Crippen LogP contribution in [-0.2, 0) is 6.54 Å². The van der Waals surface area contributed by atoms with Crippen molar-refractivity contribution in [3.63, 3.8) is 0 Å². The number of rotatable bonds is 6. The van der Waals surface area contributed by atoms with Gasteiger partial charge in [-0.3, -0.25) is 9.58 Å². The molecular weight excluding hydrogens is 236 g/mol. The zero-order valence-corrected chi connectivity index (χ0v) is 11.9. The van der Waals surface area contributed by atoms with Gasteiger partial charge in [-0.1, -0.05) is 26.2 Å². The van der Waals surface area contributed by atoms with Crippen molar-refractivity contribution in [2.24, 2.45) is 0 Å². The van der Waals surface area contributed by atoms with Crippen molar-refractivity contribution in [3.8, 4) is 6.07 Å². The van der Waals surface area contributed by atoms with Gasteiger partial charge in [-0.05, 0) is 31.9 Å². The maximum absolute atomic E-state index is 8.83. The van der Waals surface area contributed by atoms with Crippen LogP contribution in [0.2, 0.25) is 0 Å². The Bertz CT molecular complexity index is 412. The smallest absolute Gasteiger partial charge is 0.0869 e. The van der Waals surface area contributed by atoms with E-state index in [2.05, 4.69) is 34.8 Å². The molecule has 0 atom stereocenters. The predicted molar refractivity (Wildman–Crippen MR) is 75.5 cm³/mol. The van der Waals surface area contributed by atoms with Crippen molar-refractivity contribution in [2.45, 2.75) is 58.0 Å². The molecule has 0 aromatic carbocycles. The zero-order valence-electron chi connectivity index (χ0n) is 11.9. The molecule has 1 aliphatic rings. The van der Waals surface area contributed by atoms with E-state index in [9.17, 15) is 0 Å². The summed E-state index contributed by atoms with van der Waals surface area (Å²) >= 11 is 0. The van der Waals surface area contributed by atoms with E-state index in [-0.39, 0.29) is 0 Å². The molecule has 0 radical (unpaired) electrons. The van der Waals surface area contributed by atoms with E-state index < -0.39 is 0 Å². The van der Waals surface area contributed by atoms with E-state index >= 15 is 0 Å². The molecule has 1 fully saturated rings. The molecule has 2 rings (SSSR count). The lowest BCUT2D eigenvalue weighted by atomic mass is 9.96. The average Bonchev–Trinajstić information content (AvgIpc) is 2.89. The van der Waals surface area contributed by atoms with Crippen LogP contribution in [0.5, 0.6) is 0 Å². The first-order valence-corrected chi connectivity index (χ1v) is 7.47. The van der Waals surface area contributed by atoms with Gasteiger partial charge >= 0.3 is 0 Å². The molecule has 4 nitrogen and oxygen atoms in total. The summed E-state index contributed by atoms with van der Waals surface area (Å²) < 4.78 is 2.14. The third-order valence-electron chi connectivity index (χ3n) is 3.83. The summed E-state index contributed by atoms with van der Waals surface area (Å²) in [5, 5.41) is 13.5. The van der Waals surface area contributed by atoms with Gasteiger partial charge in [0.1, 0.15) is 0 Å². The number of hydrogen-bond acceptors (Lipinski definition) is 3. The second-order valence-electron chi connectivity index (χ2n) is 5.45. The summed E-state index contributed by atoms with van der Waals surface area (Å²) in [7, 11) is 0. The Balaban J connectivity index is 1.93. The topological polar surface area (TPSA) is 44.9 Å². The molecule has 19 heavy (non-hydrogen) atoms. The van der Waals surface area contributed by atoms with Crippen molar-refractivity contribution >= 4 is 0 Å². The van der Waals surface area contributed by atoms with Crippen LogP contribution in [0, 0.1) is 11.3 Å². The van der Waals surface area contributed by atoms with Crippen LogP contribution >= 0.6 is 0 Å². The molecule has 0 unspecified atom stereocenters. The third-order valence-corrected chi connectivity index (χ3v) is 3.83. The summed E-state index contributed by atoms with van der Waals surface area (Å²) in [4.78, 5) is 2.16. The third kappa shape index (κ3) is 4.07. The minimum absolute atomic E-state index is 0.490. The lowest BCUT2D eigenvalue weighted by Gasteiger charge is -2.22. The zero-order chi connectivity index (χ0) is 13.5. The van der Waals surface area contributed by atoms with Crippen LogP contribution in [0.1, 0.15) is 57.2 Å². The minimum Gasteiger partial charge on any atom is -0.285 e. The number of aromatic nitrogens is 2. The van der Waals surface area contributed by atoms with E-state index in [0.29, 0.717) is 12.6 Å². The molecule has 1 saturated carbocycles. The molecule has 0 bridgehead atoms. The second-order valence-corrected chi connectivity index (χ2v) is 5.45. The first-order chi connectivity index (χ1) is 9.33. The van der Waals surface area contributed by atoms with Gasteiger partial charge in [-0.25, -0.2) is 0 Å². The van der Waals surface area contributed by atoms with Crippen LogP contribution in [-0.4, -0.2) is 27.8 Å². The summed E-state index contributed by atoms with van der Waals surface area (Å²) in [6, 6.07) is 4.94. The van der Waals surface area contributed by atoms with Crippen LogP contribution in [0.3, 0.4) is 0 Å². The summed E-state index contributed by atoms with van der Waals surface area (Å²) in [6.07, 6.45) is 9.74. The van der Waals surface area contributed by atoms with Gasteiger partial charge in [0, 0.05) is 12.7 Å². The van der Waals surface area contributed by atoms with E-state index in [1.807, 2.05) is 0 Å². The number of nitriles is 1. The molecule has 0 spiro atoms. The maximum atomic E-state index is 8.83. The number of nitrogens with zero attached hydrogens (tertiary/aromatic N) is 4. The fraction of sp³-hybridized carbons (Fsp3) is 0.733. The van der Waals surface area contributed by atoms with Crippen LogP contribution in [0.15, 0.2) is 12.3 Å². The molecule has 104 valence electrons. The van der Waals surface area contributed by atoms with Crippen molar-refractivity contribution in [3.05, 3.63) is 18.0 Å². The van der Waals surface area contributed by atoms with Crippen LogP contribution in [0.4, 0.5) is 0 Å². The lowest BCUT2D eigenvalue weighted by Crippen LogP contribution is -2.25. The molecule has 1 heterocycles. The highest BCUT2D eigenvalue weighted by atomic mass is 15.3. The predicted octanol–water partition coefficient (Wildman–Crippen LogP) is 3.12. The van der Waals surface area contributed by atoms with E-state index in [1.165, 1.54) is 32.1 Å². The molecule has 0 aliphatic heterocycles. The highest BCUT2D eigenvalue weighted by Crippen LogP contribution is 2.27. The molecule has 4 heteroatoms. The number of hydrogen-bond donors (Lipinski definition) is 0. The van der Waals surface area contributed by atoms with Crippen molar-refractivity contribution in [2.75, 3.05) is 13.1 Å². The summed E-state index contributed by atoms with van der Waals surface area (Å²) in [5.41, 5.74) is 1.09. The summed E-state index contributed by atoms with van der Waals surface area (Å²) in [5.74, 6) is 0.